The van der Waals surface area contributed by atoms with Crippen LogP contribution in [-0.2, 0) is 4.79 Å². The molecule has 1 aliphatic rings. The highest BCUT2D eigenvalue weighted by atomic mass is 16.6. The molecule has 4 nitrogen and oxygen atoms in total. The molecule has 0 spiro atoms. The third-order valence-corrected chi connectivity index (χ3v) is 2.23. The molecule has 1 aliphatic carbocycles. The van der Waals surface area contributed by atoms with Gasteiger partial charge >= 0.3 is 5.70 Å². The van der Waals surface area contributed by atoms with Crippen LogP contribution >= 0.6 is 0 Å². The van der Waals surface area contributed by atoms with Gasteiger partial charge in [0.25, 0.3) is 0 Å². The summed E-state index contributed by atoms with van der Waals surface area (Å²) >= 11 is 0. The van der Waals surface area contributed by atoms with E-state index in [2.05, 4.69) is 0 Å². The molecule has 72 valence electrons. The van der Waals surface area contributed by atoms with Crippen LogP contribution in [0, 0.1) is 15.5 Å². The molecule has 4 heteroatoms. The van der Waals surface area contributed by atoms with E-state index >= 15 is 0 Å². The lowest BCUT2D eigenvalue weighted by Crippen LogP contribution is -2.28. The standard InChI is InChI=1S/C9H13NO3/c1-6-4-9(2,3)5-7(11)8(6)10(12)13/h4-5H2,1-3H3. The number of carbonyl (C=O) groups excluding carboxylic acids is 1. The van der Waals surface area contributed by atoms with E-state index in [1.165, 1.54) is 0 Å². The fourth-order valence-electron chi connectivity index (χ4n) is 1.88. The number of allylic oxidation sites excluding steroid dienone is 2. The highest BCUT2D eigenvalue weighted by Gasteiger charge is 2.37. The largest absolute Gasteiger partial charge is 0.310 e. The maximum atomic E-state index is 11.4. The van der Waals surface area contributed by atoms with Crippen LogP contribution in [0.5, 0.6) is 0 Å². The molecule has 0 aromatic heterocycles. The van der Waals surface area contributed by atoms with Crippen LogP contribution in [0.25, 0.3) is 0 Å². The Balaban J connectivity index is 3.09. The predicted molar refractivity (Wildman–Crippen MR) is 47.7 cm³/mol. The first-order chi connectivity index (χ1) is 5.83. The summed E-state index contributed by atoms with van der Waals surface area (Å²) in [5.74, 6) is -0.334. The number of hydrogen-bond donors (Lipinski definition) is 0. The van der Waals surface area contributed by atoms with Crippen LogP contribution in [0.4, 0.5) is 0 Å². The van der Waals surface area contributed by atoms with E-state index in [1.807, 2.05) is 13.8 Å². The van der Waals surface area contributed by atoms with Gasteiger partial charge in [-0.1, -0.05) is 13.8 Å². The average Bonchev–Trinajstić information content (AvgIpc) is 1.78. The van der Waals surface area contributed by atoms with Crippen LogP contribution in [-0.4, -0.2) is 10.7 Å². The maximum absolute atomic E-state index is 11.4. The Kier molecular flexibility index (Phi) is 2.24. The van der Waals surface area contributed by atoms with Crippen molar-refractivity contribution in [2.45, 2.75) is 33.6 Å². The van der Waals surface area contributed by atoms with E-state index in [0.29, 0.717) is 12.0 Å². The monoisotopic (exact) mass is 183 g/mol. The number of ketones is 1. The molecule has 0 unspecified atom stereocenters. The lowest BCUT2D eigenvalue weighted by molar-refractivity contribution is -0.421. The molecule has 0 aliphatic heterocycles. The lowest BCUT2D eigenvalue weighted by Gasteiger charge is -2.27. The van der Waals surface area contributed by atoms with Crippen LogP contribution < -0.4 is 0 Å². The van der Waals surface area contributed by atoms with Crippen LogP contribution in [0.15, 0.2) is 11.3 Å². The van der Waals surface area contributed by atoms with Crippen molar-refractivity contribution in [1.82, 2.24) is 0 Å². The molecule has 0 aromatic carbocycles. The second-order valence-electron chi connectivity index (χ2n) is 4.33. The van der Waals surface area contributed by atoms with Crippen molar-refractivity contribution < 1.29 is 9.72 Å². The zero-order valence-corrected chi connectivity index (χ0v) is 8.09. The van der Waals surface area contributed by atoms with E-state index in [-0.39, 0.29) is 23.3 Å². The number of nitro groups is 1. The Morgan fingerprint density at radius 3 is 2.31 bits per heavy atom. The number of nitrogens with zero attached hydrogens (tertiary/aromatic N) is 1. The van der Waals surface area contributed by atoms with Gasteiger partial charge in [-0.05, 0) is 18.8 Å². The normalized spacial score (nSPS) is 21.9. The first-order valence-electron chi connectivity index (χ1n) is 4.21. The second-order valence-corrected chi connectivity index (χ2v) is 4.33. The SMILES string of the molecule is CC1=C([N+](=O)[O-])C(=O)CC(C)(C)C1. The number of Topliss-reactive ketones (excluding diaryl/α,β-unsaturated/α-hetero) is 1. The van der Waals surface area contributed by atoms with E-state index in [1.54, 1.807) is 6.92 Å². The van der Waals surface area contributed by atoms with Crippen LogP contribution in [0.1, 0.15) is 33.6 Å². The highest BCUT2D eigenvalue weighted by Crippen LogP contribution is 2.36. The highest BCUT2D eigenvalue weighted by molar-refractivity contribution is 5.95. The minimum Gasteiger partial charge on any atom is -0.287 e. The zero-order valence-electron chi connectivity index (χ0n) is 8.09. The van der Waals surface area contributed by atoms with E-state index in [4.69, 9.17) is 0 Å². The number of carbonyl (C=O) groups is 1. The summed E-state index contributed by atoms with van der Waals surface area (Å²) in [6, 6.07) is 0. The molecule has 0 fully saturated rings. The summed E-state index contributed by atoms with van der Waals surface area (Å²) in [6.45, 7) is 5.56. The first kappa shape index (κ1) is 9.89. The predicted octanol–water partition coefficient (Wildman–Crippen LogP) is 1.93. The van der Waals surface area contributed by atoms with Gasteiger partial charge in [-0.25, -0.2) is 0 Å². The van der Waals surface area contributed by atoms with Crippen molar-refractivity contribution in [3.8, 4) is 0 Å². The summed E-state index contributed by atoms with van der Waals surface area (Å²) < 4.78 is 0. The molecule has 0 saturated carbocycles. The van der Waals surface area contributed by atoms with Crippen LogP contribution in [0.3, 0.4) is 0 Å². The van der Waals surface area contributed by atoms with Crippen molar-refractivity contribution in [1.29, 1.82) is 0 Å². The molecule has 0 bridgehead atoms. The Bertz CT molecular complexity index is 302. The lowest BCUT2D eigenvalue weighted by atomic mass is 9.76. The van der Waals surface area contributed by atoms with Crippen molar-refractivity contribution in [2.24, 2.45) is 5.41 Å². The Morgan fingerprint density at radius 2 is 1.92 bits per heavy atom. The molecule has 0 amide bonds. The van der Waals surface area contributed by atoms with Gasteiger partial charge in [-0.2, -0.15) is 0 Å². The molecular formula is C9H13NO3. The fourth-order valence-corrected chi connectivity index (χ4v) is 1.88. The molecule has 13 heavy (non-hydrogen) atoms. The van der Waals surface area contributed by atoms with Crippen molar-refractivity contribution in [3.63, 3.8) is 0 Å². The Hall–Kier alpha value is -1.19. The van der Waals surface area contributed by atoms with E-state index in [9.17, 15) is 14.9 Å². The van der Waals surface area contributed by atoms with Crippen LogP contribution in [0.2, 0.25) is 0 Å². The van der Waals surface area contributed by atoms with Crippen molar-refractivity contribution in [3.05, 3.63) is 21.4 Å². The van der Waals surface area contributed by atoms with Gasteiger partial charge in [-0.15, -0.1) is 0 Å². The fraction of sp³-hybridized carbons (Fsp3) is 0.667. The molecule has 0 saturated heterocycles. The van der Waals surface area contributed by atoms with Gasteiger partial charge in [0.2, 0.25) is 5.78 Å². The number of rotatable bonds is 1. The van der Waals surface area contributed by atoms with Crippen molar-refractivity contribution in [2.75, 3.05) is 0 Å². The van der Waals surface area contributed by atoms with Gasteiger partial charge in [0.15, 0.2) is 0 Å². The molecule has 0 N–H and O–H groups in total. The molecule has 0 aromatic rings. The molecule has 1 rings (SSSR count). The molecule has 0 radical (unpaired) electrons. The second kappa shape index (κ2) is 2.94. The smallest absolute Gasteiger partial charge is 0.287 e. The van der Waals surface area contributed by atoms with Gasteiger partial charge in [0, 0.05) is 12.0 Å². The summed E-state index contributed by atoms with van der Waals surface area (Å²) in [6.07, 6.45) is 0.912. The molecule has 0 atom stereocenters. The Labute approximate surface area is 76.8 Å². The van der Waals surface area contributed by atoms with Crippen molar-refractivity contribution >= 4 is 5.78 Å². The number of hydrogen-bond acceptors (Lipinski definition) is 3. The van der Waals surface area contributed by atoms with E-state index in [0.717, 1.165) is 0 Å². The van der Waals surface area contributed by atoms with Gasteiger partial charge in [0.1, 0.15) is 0 Å². The Morgan fingerprint density at radius 1 is 1.38 bits per heavy atom. The third-order valence-electron chi connectivity index (χ3n) is 2.23. The average molecular weight is 183 g/mol. The van der Waals surface area contributed by atoms with E-state index < -0.39 is 4.92 Å². The summed E-state index contributed by atoms with van der Waals surface area (Å²) in [5, 5.41) is 10.5. The van der Waals surface area contributed by atoms with Gasteiger partial charge in [-0.3, -0.25) is 14.9 Å². The zero-order chi connectivity index (χ0) is 10.2. The quantitative estimate of drug-likeness (QED) is 0.461. The molecular weight excluding hydrogens is 170 g/mol. The van der Waals surface area contributed by atoms with Gasteiger partial charge in [0.05, 0.1) is 4.92 Å². The minimum absolute atomic E-state index is 0.124. The molecule has 0 heterocycles. The topological polar surface area (TPSA) is 60.2 Å². The van der Waals surface area contributed by atoms with Gasteiger partial charge < -0.3 is 0 Å². The summed E-state index contributed by atoms with van der Waals surface area (Å²) in [4.78, 5) is 21.3. The maximum Gasteiger partial charge on any atom is 0.310 e. The third kappa shape index (κ3) is 1.94. The first-order valence-corrected chi connectivity index (χ1v) is 4.21. The summed E-state index contributed by atoms with van der Waals surface area (Å²) in [5.41, 5.74) is 0.284. The minimum atomic E-state index is -0.563. The summed E-state index contributed by atoms with van der Waals surface area (Å²) in [7, 11) is 0.